The average molecular weight is 230 g/mol. The van der Waals surface area contributed by atoms with Gasteiger partial charge in [-0.3, -0.25) is 4.79 Å². The van der Waals surface area contributed by atoms with Gasteiger partial charge in [-0.05, 0) is 24.7 Å². The summed E-state index contributed by atoms with van der Waals surface area (Å²) in [6.07, 6.45) is 0.545. The molecule has 1 aromatic carbocycles. The van der Waals surface area contributed by atoms with Crippen LogP contribution in [0, 0.1) is 5.82 Å². The summed E-state index contributed by atoms with van der Waals surface area (Å²) < 4.78 is 13.3. The van der Waals surface area contributed by atoms with E-state index in [1.54, 1.807) is 19.2 Å². The van der Waals surface area contributed by atoms with E-state index in [-0.39, 0.29) is 12.2 Å². The number of hydrogen-bond acceptors (Lipinski definition) is 2. The van der Waals surface area contributed by atoms with E-state index in [4.69, 9.17) is 11.6 Å². The summed E-state index contributed by atoms with van der Waals surface area (Å²) in [6.45, 7) is 0.619. The van der Waals surface area contributed by atoms with E-state index in [1.165, 1.54) is 6.07 Å². The first-order valence-corrected chi connectivity index (χ1v) is 5.11. The Bertz CT molecular complexity index is 354. The Morgan fingerprint density at radius 1 is 1.53 bits per heavy atom. The summed E-state index contributed by atoms with van der Waals surface area (Å²) in [7, 11) is 1.77. The lowest BCUT2D eigenvalue weighted by atomic mass is 10.1. The summed E-state index contributed by atoms with van der Waals surface area (Å²) in [5.74, 6) is -0.397. The molecule has 0 aliphatic rings. The van der Waals surface area contributed by atoms with Crippen LogP contribution in [-0.2, 0) is 11.2 Å². The van der Waals surface area contributed by atoms with Crippen molar-refractivity contribution in [3.63, 3.8) is 0 Å². The minimum Gasteiger partial charge on any atom is -0.319 e. The zero-order chi connectivity index (χ0) is 11.3. The Labute approximate surface area is 93.4 Å². The monoisotopic (exact) mass is 229 g/mol. The second-order valence-electron chi connectivity index (χ2n) is 3.30. The van der Waals surface area contributed by atoms with Crippen molar-refractivity contribution < 1.29 is 9.18 Å². The molecule has 0 unspecified atom stereocenters. The summed E-state index contributed by atoms with van der Waals surface area (Å²) >= 11 is 5.60. The molecular weight excluding hydrogens is 217 g/mol. The highest BCUT2D eigenvalue weighted by molar-refractivity contribution is 6.30. The molecule has 0 aromatic heterocycles. The molecule has 15 heavy (non-hydrogen) atoms. The lowest BCUT2D eigenvalue weighted by molar-refractivity contribution is -0.118. The molecule has 0 saturated carbocycles. The van der Waals surface area contributed by atoms with Crippen LogP contribution in [0.3, 0.4) is 0 Å². The van der Waals surface area contributed by atoms with Gasteiger partial charge in [-0.15, -0.1) is 0 Å². The third kappa shape index (κ3) is 3.98. The molecule has 1 N–H and O–H groups in total. The first kappa shape index (κ1) is 12.1. The second kappa shape index (κ2) is 5.83. The third-order valence-corrected chi connectivity index (χ3v) is 2.29. The summed E-state index contributed by atoms with van der Waals surface area (Å²) in [6, 6.07) is 4.36. The fourth-order valence-corrected chi connectivity index (χ4v) is 1.39. The van der Waals surface area contributed by atoms with Gasteiger partial charge in [0.05, 0.1) is 0 Å². The van der Waals surface area contributed by atoms with Gasteiger partial charge in [-0.2, -0.15) is 0 Å². The molecule has 0 aliphatic carbocycles. The number of hydrogen-bond donors (Lipinski definition) is 1. The van der Waals surface area contributed by atoms with Crippen LogP contribution in [0.25, 0.3) is 0 Å². The van der Waals surface area contributed by atoms with Crippen molar-refractivity contribution in [3.05, 3.63) is 34.6 Å². The third-order valence-electron chi connectivity index (χ3n) is 2.06. The van der Waals surface area contributed by atoms with Crippen LogP contribution in [0.15, 0.2) is 18.2 Å². The number of carbonyl (C=O) groups excluding carboxylic acids is 1. The minimum atomic E-state index is -0.416. The van der Waals surface area contributed by atoms with Crippen molar-refractivity contribution in [1.29, 1.82) is 0 Å². The highest BCUT2D eigenvalue weighted by Gasteiger charge is 2.08. The molecule has 0 heterocycles. The summed E-state index contributed by atoms with van der Waals surface area (Å²) in [5.41, 5.74) is 0.403. The standard InChI is InChI=1S/C11H13ClFNO/c1-14-5-4-10(15)6-8-2-3-9(12)7-11(8)13/h2-3,7,14H,4-6H2,1H3. The first-order valence-electron chi connectivity index (χ1n) is 4.73. The Morgan fingerprint density at radius 2 is 2.27 bits per heavy atom. The Kier molecular flexibility index (Phi) is 4.72. The minimum absolute atomic E-state index is 0.0190. The first-order chi connectivity index (χ1) is 7.13. The molecule has 0 fully saturated rings. The van der Waals surface area contributed by atoms with Crippen LogP contribution in [0.5, 0.6) is 0 Å². The number of Topliss-reactive ketones (excluding diaryl/α,β-unsaturated/α-hetero) is 1. The van der Waals surface area contributed by atoms with E-state index < -0.39 is 5.82 Å². The SMILES string of the molecule is CNCCC(=O)Cc1ccc(Cl)cc1F. The average Bonchev–Trinajstić information content (AvgIpc) is 2.19. The molecule has 0 bridgehead atoms. The highest BCUT2D eigenvalue weighted by atomic mass is 35.5. The van der Waals surface area contributed by atoms with Crippen molar-refractivity contribution >= 4 is 17.4 Å². The highest BCUT2D eigenvalue weighted by Crippen LogP contribution is 2.15. The Balaban J connectivity index is 2.60. The van der Waals surface area contributed by atoms with E-state index in [2.05, 4.69) is 5.32 Å². The topological polar surface area (TPSA) is 29.1 Å². The lowest BCUT2D eigenvalue weighted by Gasteiger charge is -2.03. The van der Waals surface area contributed by atoms with Crippen molar-refractivity contribution in [2.45, 2.75) is 12.8 Å². The summed E-state index contributed by atoms with van der Waals surface area (Å²) in [5, 5.41) is 3.22. The smallest absolute Gasteiger partial charge is 0.138 e. The van der Waals surface area contributed by atoms with Crippen molar-refractivity contribution in [1.82, 2.24) is 5.32 Å². The maximum atomic E-state index is 13.3. The van der Waals surface area contributed by atoms with E-state index in [1.807, 2.05) is 0 Å². The van der Waals surface area contributed by atoms with Gasteiger partial charge >= 0.3 is 0 Å². The fourth-order valence-electron chi connectivity index (χ4n) is 1.23. The predicted molar refractivity (Wildman–Crippen MR) is 58.7 cm³/mol. The maximum Gasteiger partial charge on any atom is 0.138 e. The van der Waals surface area contributed by atoms with Crippen LogP contribution >= 0.6 is 11.6 Å². The number of benzene rings is 1. The molecule has 82 valence electrons. The van der Waals surface area contributed by atoms with E-state index in [0.29, 0.717) is 23.6 Å². The molecule has 2 nitrogen and oxygen atoms in total. The van der Waals surface area contributed by atoms with Crippen molar-refractivity contribution in [2.75, 3.05) is 13.6 Å². The van der Waals surface area contributed by atoms with Crippen molar-refractivity contribution in [3.8, 4) is 0 Å². The lowest BCUT2D eigenvalue weighted by Crippen LogP contribution is -2.14. The largest absolute Gasteiger partial charge is 0.319 e. The Morgan fingerprint density at radius 3 is 2.87 bits per heavy atom. The van der Waals surface area contributed by atoms with Gasteiger partial charge in [0.1, 0.15) is 11.6 Å². The number of ketones is 1. The van der Waals surface area contributed by atoms with Gasteiger partial charge in [0, 0.05) is 24.4 Å². The van der Waals surface area contributed by atoms with E-state index in [9.17, 15) is 9.18 Å². The molecule has 1 rings (SSSR count). The van der Waals surface area contributed by atoms with Crippen molar-refractivity contribution in [2.24, 2.45) is 0 Å². The normalized spacial score (nSPS) is 10.3. The van der Waals surface area contributed by atoms with Crippen LogP contribution in [-0.4, -0.2) is 19.4 Å². The predicted octanol–water partition coefficient (Wildman–Crippen LogP) is 2.20. The number of nitrogens with one attached hydrogen (secondary N) is 1. The van der Waals surface area contributed by atoms with Gasteiger partial charge < -0.3 is 5.32 Å². The van der Waals surface area contributed by atoms with Crippen LogP contribution < -0.4 is 5.32 Å². The van der Waals surface area contributed by atoms with E-state index in [0.717, 1.165) is 0 Å². The van der Waals surface area contributed by atoms with Gasteiger partial charge in [0.25, 0.3) is 0 Å². The molecular formula is C11H13ClFNO. The zero-order valence-electron chi connectivity index (χ0n) is 8.52. The molecule has 0 aliphatic heterocycles. The van der Waals surface area contributed by atoms with E-state index >= 15 is 0 Å². The molecule has 0 atom stereocenters. The van der Waals surface area contributed by atoms with Gasteiger partial charge in [0.15, 0.2) is 0 Å². The molecule has 0 radical (unpaired) electrons. The van der Waals surface area contributed by atoms with Gasteiger partial charge in [-0.25, -0.2) is 4.39 Å². The number of carbonyl (C=O) groups is 1. The molecule has 0 saturated heterocycles. The van der Waals surface area contributed by atoms with Gasteiger partial charge in [-0.1, -0.05) is 17.7 Å². The summed E-state index contributed by atoms with van der Waals surface area (Å²) in [4.78, 5) is 11.4. The number of halogens is 2. The maximum absolute atomic E-state index is 13.3. The number of rotatable bonds is 5. The van der Waals surface area contributed by atoms with Crippen LogP contribution in [0.4, 0.5) is 4.39 Å². The zero-order valence-corrected chi connectivity index (χ0v) is 9.27. The van der Waals surface area contributed by atoms with Crippen LogP contribution in [0.1, 0.15) is 12.0 Å². The quantitative estimate of drug-likeness (QED) is 0.839. The molecule has 0 amide bonds. The van der Waals surface area contributed by atoms with Crippen LogP contribution in [0.2, 0.25) is 5.02 Å². The molecule has 0 spiro atoms. The fraction of sp³-hybridized carbons (Fsp3) is 0.364. The molecule has 1 aromatic rings. The second-order valence-corrected chi connectivity index (χ2v) is 3.74. The van der Waals surface area contributed by atoms with Gasteiger partial charge in [0.2, 0.25) is 0 Å². The Hall–Kier alpha value is -0.930. The molecule has 4 heteroatoms.